The summed E-state index contributed by atoms with van der Waals surface area (Å²) in [6, 6.07) is 10.3. The number of fused-ring (bicyclic) bond motifs is 2. The maximum atomic E-state index is 12.9. The lowest BCUT2D eigenvalue weighted by atomic mass is 9.73. The molecule has 2 aromatic rings. The number of carbonyl (C=O) groups is 2. The fourth-order valence-electron chi connectivity index (χ4n) is 6.18. The van der Waals surface area contributed by atoms with Crippen LogP contribution in [0.1, 0.15) is 24.0 Å². The summed E-state index contributed by atoms with van der Waals surface area (Å²) in [5.74, 6) is 1.86. The number of aromatic nitrogens is 2. The third-order valence-electron chi connectivity index (χ3n) is 7.55. The van der Waals surface area contributed by atoms with Crippen molar-refractivity contribution >= 4 is 18.3 Å². The van der Waals surface area contributed by atoms with E-state index in [0.717, 1.165) is 44.7 Å². The molecule has 1 aromatic heterocycles. The fraction of sp³-hybridized carbons (Fsp3) is 0.500. The topological polar surface area (TPSA) is 105 Å². The zero-order valence-electron chi connectivity index (χ0n) is 17.9. The number of ether oxygens (including phenoxy) is 1. The van der Waals surface area contributed by atoms with Crippen molar-refractivity contribution in [1.29, 1.82) is 0 Å². The Morgan fingerprint density at radius 3 is 2.59 bits per heavy atom. The van der Waals surface area contributed by atoms with Crippen LogP contribution in [0, 0.1) is 17.8 Å². The van der Waals surface area contributed by atoms with Crippen molar-refractivity contribution in [1.82, 2.24) is 15.3 Å². The molecule has 3 saturated heterocycles. The highest BCUT2D eigenvalue weighted by molar-refractivity contribution is 5.80. The summed E-state index contributed by atoms with van der Waals surface area (Å²) in [7, 11) is 0. The maximum absolute atomic E-state index is 12.9. The van der Waals surface area contributed by atoms with Crippen LogP contribution in [-0.2, 0) is 27.2 Å². The highest BCUT2D eigenvalue weighted by atomic mass is 16.5. The second kappa shape index (κ2) is 8.50. The lowest BCUT2D eigenvalue weighted by Crippen LogP contribution is -2.43. The predicted molar refractivity (Wildman–Crippen MR) is 117 cm³/mol. The van der Waals surface area contributed by atoms with Crippen LogP contribution in [-0.4, -0.2) is 58.8 Å². The van der Waals surface area contributed by atoms with E-state index in [-0.39, 0.29) is 30.0 Å². The molecular formula is C24H28N4O4. The van der Waals surface area contributed by atoms with Crippen LogP contribution < -0.4 is 10.2 Å². The number of carboxylic acid groups (broad SMARTS) is 1. The van der Waals surface area contributed by atoms with Crippen LogP contribution in [0.4, 0.5) is 5.95 Å². The first-order valence-electron chi connectivity index (χ1n) is 11.3. The van der Waals surface area contributed by atoms with Crippen molar-refractivity contribution in [3.05, 3.63) is 53.9 Å². The quantitative estimate of drug-likeness (QED) is 0.703. The van der Waals surface area contributed by atoms with Crippen LogP contribution in [0.15, 0.2) is 42.7 Å². The molecule has 168 valence electrons. The highest BCUT2D eigenvalue weighted by Gasteiger charge is 2.63. The fourth-order valence-corrected chi connectivity index (χ4v) is 6.18. The van der Waals surface area contributed by atoms with Gasteiger partial charge in [-0.3, -0.25) is 9.59 Å². The van der Waals surface area contributed by atoms with Crippen LogP contribution in [0.2, 0.25) is 0 Å². The van der Waals surface area contributed by atoms with E-state index in [1.807, 2.05) is 6.07 Å². The summed E-state index contributed by atoms with van der Waals surface area (Å²) in [5, 5.41) is 10.2. The Hall–Kier alpha value is -3.00. The van der Waals surface area contributed by atoms with Crippen LogP contribution in [0.25, 0.3) is 0 Å². The SMILES string of the molecule is O=C(NC[C@H]1[C@H]2CN(c3ncccn3)C[C@]23CC[C@H]1O3)C1Cc2ccccc2C1.O=CO. The molecule has 6 rings (SSSR count). The molecule has 1 spiro atoms. The molecule has 4 heterocycles. The molecule has 1 amide bonds. The van der Waals surface area contributed by atoms with Gasteiger partial charge in [-0.05, 0) is 42.9 Å². The largest absolute Gasteiger partial charge is 0.483 e. The Kier molecular flexibility index (Phi) is 5.55. The Morgan fingerprint density at radius 1 is 1.22 bits per heavy atom. The van der Waals surface area contributed by atoms with Crippen LogP contribution in [0.5, 0.6) is 0 Å². The van der Waals surface area contributed by atoms with Gasteiger partial charge in [0.1, 0.15) is 0 Å². The number of hydrogen-bond donors (Lipinski definition) is 2. The molecule has 0 unspecified atom stereocenters. The molecule has 0 radical (unpaired) electrons. The Morgan fingerprint density at radius 2 is 1.91 bits per heavy atom. The van der Waals surface area contributed by atoms with Crippen molar-refractivity contribution in [3.63, 3.8) is 0 Å². The Bertz CT molecular complexity index is 962. The number of rotatable bonds is 4. The van der Waals surface area contributed by atoms with Gasteiger partial charge in [-0.2, -0.15) is 0 Å². The lowest BCUT2D eigenvalue weighted by Gasteiger charge is -2.29. The van der Waals surface area contributed by atoms with Gasteiger partial charge in [0.25, 0.3) is 6.47 Å². The smallest absolute Gasteiger partial charge is 0.290 e. The first-order valence-corrected chi connectivity index (χ1v) is 11.3. The van der Waals surface area contributed by atoms with Crippen molar-refractivity contribution in [2.24, 2.45) is 17.8 Å². The molecule has 2 bridgehead atoms. The second-order valence-corrected chi connectivity index (χ2v) is 9.18. The van der Waals surface area contributed by atoms with E-state index in [2.05, 4.69) is 44.5 Å². The molecule has 3 aliphatic heterocycles. The summed E-state index contributed by atoms with van der Waals surface area (Å²) in [4.78, 5) is 32.3. The van der Waals surface area contributed by atoms with Gasteiger partial charge >= 0.3 is 0 Å². The Balaban J connectivity index is 0.000000684. The molecular weight excluding hydrogens is 408 g/mol. The molecule has 1 aromatic carbocycles. The molecule has 3 fully saturated rings. The third-order valence-corrected chi connectivity index (χ3v) is 7.55. The molecule has 8 nitrogen and oxygen atoms in total. The number of carbonyl (C=O) groups excluding carboxylic acids is 1. The van der Waals surface area contributed by atoms with Crippen molar-refractivity contribution in [2.75, 3.05) is 24.5 Å². The number of hydrogen-bond acceptors (Lipinski definition) is 6. The van der Waals surface area contributed by atoms with Gasteiger partial charge in [-0.25, -0.2) is 9.97 Å². The van der Waals surface area contributed by atoms with Gasteiger partial charge in [0.2, 0.25) is 11.9 Å². The van der Waals surface area contributed by atoms with Gasteiger partial charge in [-0.1, -0.05) is 24.3 Å². The van der Waals surface area contributed by atoms with E-state index in [4.69, 9.17) is 14.6 Å². The van der Waals surface area contributed by atoms with Gasteiger partial charge in [0, 0.05) is 43.2 Å². The molecule has 0 saturated carbocycles. The zero-order valence-corrected chi connectivity index (χ0v) is 17.9. The maximum Gasteiger partial charge on any atom is 0.290 e. The van der Waals surface area contributed by atoms with E-state index >= 15 is 0 Å². The number of nitrogens with one attached hydrogen (secondary N) is 1. The van der Waals surface area contributed by atoms with E-state index in [1.54, 1.807) is 12.4 Å². The minimum Gasteiger partial charge on any atom is -0.483 e. The van der Waals surface area contributed by atoms with E-state index in [0.29, 0.717) is 18.4 Å². The molecule has 2 N–H and O–H groups in total. The molecule has 1 aliphatic carbocycles. The summed E-state index contributed by atoms with van der Waals surface area (Å²) in [6.07, 6.45) is 7.79. The second-order valence-electron chi connectivity index (χ2n) is 9.18. The molecule has 8 heteroatoms. The van der Waals surface area contributed by atoms with Gasteiger partial charge in [0.05, 0.1) is 18.2 Å². The van der Waals surface area contributed by atoms with Crippen LogP contribution >= 0.6 is 0 Å². The van der Waals surface area contributed by atoms with E-state index < -0.39 is 0 Å². The number of amides is 1. The summed E-state index contributed by atoms with van der Waals surface area (Å²) in [6.45, 7) is 2.24. The van der Waals surface area contributed by atoms with Gasteiger partial charge in [-0.15, -0.1) is 0 Å². The minimum absolute atomic E-state index is 0.0682. The molecule has 4 atom stereocenters. The molecule has 32 heavy (non-hydrogen) atoms. The van der Waals surface area contributed by atoms with Gasteiger partial charge in [0.15, 0.2) is 0 Å². The highest BCUT2D eigenvalue weighted by Crippen LogP contribution is 2.54. The normalized spacial score (nSPS) is 29.8. The number of anilines is 1. The average Bonchev–Trinajstić information content (AvgIpc) is 3.57. The van der Waals surface area contributed by atoms with Crippen molar-refractivity contribution in [3.8, 4) is 0 Å². The summed E-state index contributed by atoms with van der Waals surface area (Å²) in [5.41, 5.74) is 2.57. The predicted octanol–water partition coefficient (Wildman–Crippen LogP) is 1.69. The minimum atomic E-state index is -0.250. The lowest BCUT2D eigenvalue weighted by molar-refractivity contribution is -0.125. The summed E-state index contributed by atoms with van der Waals surface area (Å²) >= 11 is 0. The number of nitrogens with zero attached hydrogens (tertiary/aromatic N) is 3. The molecule has 4 aliphatic rings. The van der Waals surface area contributed by atoms with E-state index in [9.17, 15) is 4.79 Å². The monoisotopic (exact) mass is 436 g/mol. The summed E-state index contributed by atoms with van der Waals surface area (Å²) < 4.78 is 6.51. The van der Waals surface area contributed by atoms with Crippen molar-refractivity contribution in [2.45, 2.75) is 37.4 Å². The van der Waals surface area contributed by atoms with Gasteiger partial charge < -0.3 is 20.1 Å². The Labute approximate surface area is 187 Å². The van der Waals surface area contributed by atoms with Crippen LogP contribution in [0.3, 0.4) is 0 Å². The number of benzene rings is 1. The first kappa shape index (κ1) is 20.9. The zero-order chi connectivity index (χ0) is 22.1. The van der Waals surface area contributed by atoms with E-state index in [1.165, 1.54) is 11.1 Å². The standard InChI is InChI=1S/C23H26N4O2.CH2O2/c28-21(17-10-15-4-1-2-5-16(15)11-17)26-12-18-19-13-27(22-24-8-3-9-25-22)14-23(19)7-6-20(18)29-23;2-1-3/h1-5,8-9,17-20H,6-7,10-14H2,(H,26,28);1H,(H,2,3)/t18-,19+,20+,23+;/m0./s1. The van der Waals surface area contributed by atoms with Crippen molar-refractivity contribution < 1.29 is 19.4 Å². The first-order chi connectivity index (χ1) is 15.6. The third kappa shape index (κ3) is 3.62. The average molecular weight is 437 g/mol.